The number of aliphatic hydroxyl groups excluding tert-OH is 2. The van der Waals surface area contributed by atoms with E-state index in [9.17, 15) is 15.0 Å². The van der Waals surface area contributed by atoms with Crippen LogP contribution in [0.15, 0.2) is 11.1 Å². The summed E-state index contributed by atoms with van der Waals surface area (Å²) in [6.07, 6.45) is 0.472. The van der Waals surface area contributed by atoms with Gasteiger partial charge < -0.3 is 14.9 Å². The molecule has 0 aromatic heterocycles. The highest BCUT2D eigenvalue weighted by atomic mass is 16.5. The molecule has 19 heavy (non-hydrogen) atoms. The van der Waals surface area contributed by atoms with Gasteiger partial charge in [0.2, 0.25) is 0 Å². The Balaban J connectivity index is 2.03. The molecule has 2 aliphatic carbocycles. The molecular weight excluding hydrogens is 244 g/mol. The van der Waals surface area contributed by atoms with E-state index >= 15 is 0 Å². The highest BCUT2D eigenvalue weighted by Gasteiger charge is 2.52. The van der Waals surface area contributed by atoms with Crippen molar-refractivity contribution in [2.24, 2.45) is 23.2 Å². The Morgan fingerprint density at radius 1 is 1.16 bits per heavy atom. The number of hydrogen-bond acceptors (Lipinski definition) is 4. The third-order valence-corrected chi connectivity index (χ3v) is 5.28. The number of rotatable bonds is 0. The van der Waals surface area contributed by atoms with Crippen LogP contribution in [0, 0.1) is 23.2 Å². The van der Waals surface area contributed by atoms with Gasteiger partial charge in [0.05, 0.1) is 17.8 Å². The second-order valence-corrected chi connectivity index (χ2v) is 7.16. The van der Waals surface area contributed by atoms with Crippen LogP contribution in [0.3, 0.4) is 0 Å². The quantitative estimate of drug-likeness (QED) is 0.648. The van der Waals surface area contributed by atoms with Crippen molar-refractivity contribution >= 4 is 5.97 Å². The molecule has 1 heterocycles. The van der Waals surface area contributed by atoms with Gasteiger partial charge in [0, 0.05) is 5.57 Å². The predicted octanol–water partition coefficient (Wildman–Crippen LogP) is 1.26. The number of aliphatic hydroxyl groups is 2. The summed E-state index contributed by atoms with van der Waals surface area (Å²) in [5, 5.41) is 21.1. The van der Waals surface area contributed by atoms with Crippen molar-refractivity contribution in [1.82, 2.24) is 0 Å². The number of carbonyl (C=O) groups excluding carboxylic acids is 1. The maximum Gasteiger partial charge on any atom is 0.337 e. The van der Waals surface area contributed by atoms with Crippen molar-refractivity contribution in [3.8, 4) is 0 Å². The van der Waals surface area contributed by atoms with E-state index in [4.69, 9.17) is 4.74 Å². The van der Waals surface area contributed by atoms with Crippen LogP contribution in [0.25, 0.3) is 0 Å². The van der Waals surface area contributed by atoms with Gasteiger partial charge in [-0.3, -0.25) is 0 Å². The Morgan fingerprint density at radius 2 is 1.79 bits per heavy atom. The number of fused-ring (bicyclic) bond motifs is 1. The van der Waals surface area contributed by atoms with Gasteiger partial charge in [-0.2, -0.15) is 0 Å². The van der Waals surface area contributed by atoms with Gasteiger partial charge in [0.1, 0.15) is 6.61 Å². The zero-order valence-electron chi connectivity index (χ0n) is 11.7. The van der Waals surface area contributed by atoms with Gasteiger partial charge >= 0.3 is 5.97 Å². The van der Waals surface area contributed by atoms with Crippen molar-refractivity contribution in [3.63, 3.8) is 0 Å². The van der Waals surface area contributed by atoms with E-state index in [1.807, 2.05) is 6.92 Å². The van der Waals surface area contributed by atoms with Crippen LogP contribution in [-0.4, -0.2) is 35.0 Å². The number of hydrogen-bond donors (Lipinski definition) is 2. The Bertz CT molecular complexity index is 451. The molecule has 0 aromatic carbocycles. The maximum absolute atomic E-state index is 11.8. The molecule has 4 heteroatoms. The first-order valence-electron chi connectivity index (χ1n) is 7.08. The molecule has 106 valence electrons. The van der Waals surface area contributed by atoms with E-state index in [0.29, 0.717) is 11.1 Å². The molecule has 4 nitrogen and oxygen atoms in total. The van der Waals surface area contributed by atoms with Crippen molar-refractivity contribution in [2.75, 3.05) is 6.61 Å². The molecule has 0 amide bonds. The molecule has 1 aliphatic heterocycles. The first-order valence-corrected chi connectivity index (χ1v) is 7.08. The Kier molecular flexibility index (Phi) is 2.81. The second kappa shape index (κ2) is 4.06. The number of ether oxygens (including phenoxy) is 1. The molecule has 1 saturated carbocycles. The monoisotopic (exact) mass is 266 g/mol. The van der Waals surface area contributed by atoms with Crippen LogP contribution < -0.4 is 0 Å². The molecule has 2 N–H and O–H groups in total. The standard InChI is InChI=1S/C15H22O4/c1-7-8-4-15(2,3)5-9(8)13(17)10-6-19-14(18)11(10)12(7)16/h7-9,12-13,16-17H,4-6H2,1-3H3/t7-,8-,9-,12+,13+/m1/s1. The smallest absolute Gasteiger partial charge is 0.337 e. The maximum atomic E-state index is 11.8. The van der Waals surface area contributed by atoms with Crippen LogP contribution >= 0.6 is 0 Å². The van der Waals surface area contributed by atoms with Crippen LogP contribution in [-0.2, 0) is 9.53 Å². The lowest BCUT2D eigenvalue weighted by Gasteiger charge is -2.28. The number of esters is 1. The third-order valence-electron chi connectivity index (χ3n) is 5.28. The molecule has 0 aromatic rings. The fraction of sp³-hybridized carbons (Fsp3) is 0.800. The molecule has 3 aliphatic rings. The van der Waals surface area contributed by atoms with E-state index in [2.05, 4.69) is 13.8 Å². The molecule has 1 fully saturated rings. The minimum Gasteiger partial charge on any atom is -0.458 e. The fourth-order valence-electron chi connectivity index (χ4n) is 4.32. The van der Waals surface area contributed by atoms with Gasteiger partial charge in [0.25, 0.3) is 0 Å². The van der Waals surface area contributed by atoms with Crippen molar-refractivity contribution < 1.29 is 19.7 Å². The third kappa shape index (κ3) is 1.84. The van der Waals surface area contributed by atoms with E-state index in [1.54, 1.807) is 0 Å². The van der Waals surface area contributed by atoms with Crippen molar-refractivity contribution in [3.05, 3.63) is 11.1 Å². The van der Waals surface area contributed by atoms with Gasteiger partial charge in [-0.1, -0.05) is 20.8 Å². The van der Waals surface area contributed by atoms with E-state index in [1.165, 1.54) is 0 Å². The molecule has 0 spiro atoms. The molecule has 3 rings (SSSR count). The minimum atomic E-state index is -0.802. The topological polar surface area (TPSA) is 66.8 Å². The number of cyclic esters (lactones) is 1. The highest BCUT2D eigenvalue weighted by molar-refractivity contribution is 5.93. The first-order chi connectivity index (χ1) is 8.82. The largest absolute Gasteiger partial charge is 0.458 e. The Morgan fingerprint density at radius 3 is 2.47 bits per heavy atom. The van der Waals surface area contributed by atoms with Crippen LogP contribution in [0.4, 0.5) is 0 Å². The summed E-state index contributed by atoms with van der Waals surface area (Å²) >= 11 is 0. The second-order valence-electron chi connectivity index (χ2n) is 7.16. The first kappa shape index (κ1) is 13.1. The summed E-state index contributed by atoms with van der Waals surface area (Å²) in [7, 11) is 0. The molecule has 0 unspecified atom stereocenters. The van der Waals surface area contributed by atoms with E-state index in [0.717, 1.165) is 12.8 Å². The fourth-order valence-corrected chi connectivity index (χ4v) is 4.32. The average molecular weight is 266 g/mol. The lowest BCUT2D eigenvalue weighted by atomic mass is 9.80. The summed E-state index contributed by atoms with van der Waals surface area (Å²) < 4.78 is 5.01. The summed E-state index contributed by atoms with van der Waals surface area (Å²) in [6, 6.07) is 0. The zero-order chi connectivity index (χ0) is 13.9. The highest BCUT2D eigenvalue weighted by Crippen LogP contribution is 2.53. The summed E-state index contributed by atoms with van der Waals surface area (Å²) in [6.45, 7) is 6.54. The Labute approximate surface area is 113 Å². The molecule has 0 radical (unpaired) electrons. The number of carbonyl (C=O) groups is 1. The van der Waals surface area contributed by atoms with Gasteiger partial charge in [-0.05, 0) is 36.0 Å². The molecule has 0 bridgehead atoms. The van der Waals surface area contributed by atoms with Gasteiger partial charge in [0.15, 0.2) is 0 Å². The minimum absolute atomic E-state index is 0.0143. The summed E-state index contributed by atoms with van der Waals surface area (Å²) in [4.78, 5) is 11.8. The zero-order valence-corrected chi connectivity index (χ0v) is 11.7. The van der Waals surface area contributed by atoms with Crippen molar-refractivity contribution in [1.29, 1.82) is 0 Å². The summed E-state index contributed by atoms with van der Waals surface area (Å²) in [5.74, 6) is -0.0766. The van der Waals surface area contributed by atoms with Crippen LogP contribution in [0.2, 0.25) is 0 Å². The van der Waals surface area contributed by atoms with Gasteiger partial charge in [-0.25, -0.2) is 4.79 Å². The lowest BCUT2D eigenvalue weighted by Crippen LogP contribution is -2.31. The van der Waals surface area contributed by atoms with E-state index < -0.39 is 18.2 Å². The summed E-state index contributed by atoms with van der Waals surface area (Å²) in [5.41, 5.74) is 1.13. The van der Waals surface area contributed by atoms with E-state index in [-0.39, 0.29) is 29.8 Å². The molecular formula is C15H22O4. The average Bonchev–Trinajstić information content (AvgIpc) is 2.84. The SMILES string of the molecule is C[C@@H]1[C@H]2CC(C)(C)C[C@H]2[C@H](O)C2=C(C(=O)OC2)[C@H]1O. The lowest BCUT2D eigenvalue weighted by molar-refractivity contribution is -0.137. The normalized spacial score (nSPS) is 44.7. The molecule has 0 saturated heterocycles. The predicted molar refractivity (Wildman–Crippen MR) is 69.2 cm³/mol. The molecule has 5 atom stereocenters. The Hall–Kier alpha value is -0.870. The van der Waals surface area contributed by atoms with Crippen LogP contribution in [0.5, 0.6) is 0 Å². The van der Waals surface area contributed by atoms with Crippen LogP contribution in [0.1, 0.15) is 33.6 Å². The van der Waals surface area contributed by atoms with Crippen molar-refractivity contribution in [2.45, 2.75) is 45.8 Å². The van der Waals surface area contributed by atoms with Gasteiger partial charge in [-0.15, -0.1) is 0 Å².